The van der Waals surface area contributed by atoms with Crippen LogP contribution in [-0.4, -0.2) is 35.8 Å². The van der Waals surface area contributed by atoms with E-state index in [1.807, 2.05) is 58.0 Å². The van der Waals surface area contributed by atoms with Crippen molar-refractivity contribution < 1.29 is 19.1 Å². The minimum Gasteiger partial charge on any atom is -0.457 e. The Morgan fingerprint density at radius 1 is 1.06 bits per heavy atom. The van der Waals surface area contributed by atoms with Gasteiger partial charge in [-0.3, -0.25) is 19.3 Å². The lowest BCUT2D eigenvalue weighted by molar-refractivity contribution is -0.147. The SMILES string of the molecule is Cc1ccc(-c2nc(N3CC(C(=O)OCC(=O)c4ccc(C)c(C)c4)CC3=O)sc2C)cc1. The molecule has 0 saturated carbocycles. The Morgan fingerprint density at radius 2 is 1.79 bits per heavy atom. The van der Waals surface area contributed by atoms with E-state index >= 15 is 0 Å². The molecule has 1 saturated heterocycles. The zero-order chi connectivity index (χ0) is 23.7. The van der Waals surface area contributed by atoms with E-state index in [9.17, 15) is 14.4 Å². The molecule has 1 fully saturated rings. The maximum absolute atomic E-state index is 12.6. The minimum absolute atomic E-state index is 0.0508. The third-order valence-corrected chi connectivity index (χ3v) is 6.97. The number of rotatable bonds is 6. The summed E-state index contributed by atoms with van der Waals surface area (Å²) in [6.07, 6.45) is 0.0508. The van der Waals surface area contributed by atoms with E-state index in [0.29, 0.717) is 10.7 Å². The second-order valence-corrected chi connectivity index (χ2v) is 9.68. The average Bonchev–Trinajstić information content (AvgIpc) is 3.36. The lowest BCUT2D eigenvalue weighted by atomic mass is 10.0. The summed E-state index contributed by atoms with van der Waals surface area (Å²) in [5.41, 5.74) is 5.61. The first-order chi connectivity index (χ1) is 15.7. The number of benzene rings is 2. The van der Waals surface area contributed by atoms with Crippen molar-refractivity contribution in [2.24, 2.45) is 5.92 Å². The number of ketones is 1. The molecule has 0 spiro atoms. The summed E-state index contributed by atoms with van der Waals surface area (Å²) in [7, 11) is 0. The molecule has 4 rings (SSSR count). The van der Waals surface area contributed by atoms with Crippen LogP contribution in [0, 0.1) is 33.6 Å². The monoisotopic (exact) mass is 462 g/mol. The van der Waals surface area contributed by atoms with Crippen LogP contribution in [0.2, 0.25) is 0 Å². The number of anilines is 1. The summed E-state index contributed by atoms with van der Waals surface area (Å²) >= 11 is 1.43. The lowest BCUT2D eigenvalue weighted by Crippen LogP contribution is -2.27. The molecule has 1 aliphatic heterocycles. The first-order valence-electron chi connectivity index (χ1n) is 10.8. The molecule has 2 aromatic carbocycles. The summed E-state index contributed by atoms with van der Waals surface area (Å²) in [4.78, 5) is 44.9. The smallest absolute Gasteiger partial charge is 0.311 e. The Hall–Kier alpha value is -3.32. The normalized spacial score (nSPS) is 15.7. The van der Waals surface area contributed by atoms with E-state index in [0.717, 1.165) is 27.3 Å². The molecular formula is C26H26N2O4S. The van der Waals surface area contributed by atoms with Crippen molar-refractivity contribution in [2.75, 3.05) is 18.1 Å². The Kier molecular flexibility index (Phi) is 6.42. The number of aromatic nitrogens is 1. The molecule has 170 valence electrons. The summed E-state index contributed by atoms with van der Waals surface area (Å²) in [6, 6.07) is 13.5. The number of hydrogen-bond acceptors (Lipinski definition) is 6. The van der Waals surface area contributed by atoms with Crippen LogP contribution in [0.5, 0.6) is 0 Å². The fraction of sp³-hybridized carbons (Fsp3) is 0.308. The van der Waals surface area contributed by atoms with Gasteiger partial charge in [0, 0.05) is 29.0 Å². The van der Waals surface area contributed by atoms with E-state index in [2.05, 4.69) is 4.98 Å². The molecule has 0 bridgehead atoms. The maximum atomic E-state index is 12.6. The van der Waals surface area contributed by atoms with Crippen LogP contribution < -0.4 is 4.90 Å². The number of amides is 1. The highest BCUT2D eigenvalue weighted by molar-refractivity contribution is 7.16. The Morgan fingerprint density at radius 3 is 2.48 bits per heavy atom. The van der Waals surface area contributed by atoms with Crippen LogP contribution >= 0.6 is 11.3 Å². The largest absolute Gasteiger partial charge is 0.457 e. The zero-order valence-corrected chi connectivity index (χ0v) is 20.0. The molecule has 7 heteroatoms. The van der Waals surface area contributed by atoms with E-state index in [1.54, 1.807) is 17.0 Å². The number of Topliss-reactive ketones (excluding diaryl/α,β-unsaturated/α-hetero) is 1. The van der Waals surface area contributed by atoms with Gasteiger partial charge in [-0.15, -0.1) is 11.3 Å². The van der Waals surface area contributed by atoms with Crippen LogP contribution in [0.3, 0.4) is 0 Å². The van der Waals surface area contributed by atoms with E-state index in [-0.39, 0.29) is 31.3 Å². The molecule has 2 heterocycles. The van der Waals surface area contributed by atoms with Gasteiger partial charge in [-0.2, -0.15) is 0 Å². The molecule has 1 unspecified atom stereocenters. The third kappa shape index (κ3) is 4.88. The highest BCUT2D eigenvalue weighted by Gasteiger charge is 2.38. The van der Waals surface area contributed by atoms with Gasteiger partial charge in [0.15, 0.2) is 17.5 Å². The van der Waals surface area contributed by atoms with Gasteiger partial charge in [0.05, 0.1) is 11.6 Å². The number of aryl methyl sites for hydroxylation is 4. The van der Waals surface area contributed by atoms with E-state index < -0.39 is 11.9 Å². The van der Waals surface area contributed by atoms with Crippen LogP contribution in [0.15, 0.2) is 42.5 Å². The zero-order valence-electron chi connectivity index (χ0n) is 19.2. The predicted molar refractivity (Wildman–Crippen MR) is 129 cm³/mol. The van der Waals surface area contributed by atoms with E-state index in [4.69, 9.17) is 4.74 Å². The summed E-state index contributed by atoms with van der Waals surface area (Å²) in [5.74, 6) is -1.57. The van der Waals surface area contributed by atoms with Crippen LogP contribution in [-0.2, 0) is 14.3 Å². The first kappa shape index (κ1) is 22.9. The lowest BCUT2D eigenvalue weighted by Gasteiger charge is -2.13. The van der Waals surface area contributed by atoms with Gasteiger partial charge in [-0.1, -0.05) is 42.0 Å². The van der Waals surface area contributed by atoms with Crippen molar-refractivity contribution >= 4 is 34.1 Å². The van der Waals surface area contributed by atoms with Crippen LogP contribution in [0.4, 0.5) is 5.13 Å². The number of nitrogens with zero attached hydrogens (tertiary/aromatic N) is 2. The molecule has 1 aromatic heterocycles. The fourth-order valence-corrected chi connectivity index (χ4v) is 4.74. The molecule has 0 aliphatic carbocycles. The van der Waals surface area contributed by atoms with Crippen molar-refractivity contribution in [1.29, 1.82) is 0 Å². The molecule has 1 aliphatic rings. The number of carbonyl (C=O) groups is 3. The molecule has 33 heavy (non-hydrogen) atoms. The molecular weight excluding hydrogens is 436 g/mol. The molecule has 3 aromatic rings. The number of esters is 1. The highest BCUT2D eigenvalue weighted by Crippen LogP contribution is 2.35. The van der Waals surface area contributed by atoms with Gasteiger partial charge < -0.3 is 4.74 Å². The van der Waals surface area contributed by atoms with Crippen LogP contribution in [0.25, 0.3) is 11.3 Å². The summed E-state index contributed by atoms with van der Waals surface area (Å²) in [6.45, 7) is 7.78. The van der Waals surface area contributed by atoms with Gasteiger partial charge in [-0.05, 0) is 44.9 Å². The Balaban J connectivity index is 1.40. The van der Waals surface area contributed by atoms with Gasteiger partial charge in [0.25, 0.3) is 0 Å². The molecule has 0 radical (unpaired) electrons. The van der Waals surface area contributed by atoms with Gasteiger partial charge in [-0.25, -0.2) is 4.98 Å². The second-order valence-electron chi connectivity index (χ2n) is 8.50. The Bertz CT molecular complexity index is 1230. The van der Waals surface area contributed by atoms with Crippen molar-refractivity contribution in [3.05, 3.63) is 69.6 Å². The van der Waals surface area contributed by atoms with Crippen molar-refractivity contribution in [3.63, 3.8) is 0 Å². The molecule has 1 amide bonds. The average molecular weight is 463 g/mol. The predicted octanol–water partition coefficient (Wildman–Crippen LogP) is 4.82. The standard InChI is InChI=1S/C26H26N2O4S/c1-15-5-8-19(9-6-15)24-18(4)33-26(27-24)28-13-21(12-23(28)30)25(31)32-14-22(29)20-10-7-16(2)17(3)11-20/h5-11,21H,12-14H2,1-4H3. The maximum Gasteiger partial charge on any atom is 0.311 e. The van der Waals surface area contributed by atoms with Crippen molar-refractivity contribution in [2.45, 2.75) is 34.1 Å². The molecule has 6 nitrogen and oxygen atoms in total. The van der Waals surface area contributed by atoms with Gasteiger partial charge in [0.2, 0.25) is 5.91 Å². The highest BCUT2D eigenvalue weighted by atomic mass is 32.1. The van der Waals surface area contributed by atoms with E-state index in [1.165, 1.54) is 16.9 Å². The molecule has 0 N–H and O–H groups in total. The van der Waals surface area contributed by atoms with Crippen molar-refractivity contribution in [1.82, 2.24) is 4.98 Å². The van der Waals surface area contributed by atoms with Crippen molar-refractivity contribution in [3.8, 4) is 11.3 Å². The summed E-state index contributed by atoms with van der Waals surface area (Å²) < 4.78 is 5.27. The van der Waals surface area contributed by atoms with Crippen LogP contribution in [0.1, 0.15) is 38.3 Å². The summed E-state index contributed by atoms with van der Waals surface area (Å²) in [5, 5.41) is 0.578. The fourth-order valence-electron chi connectivity index (χ4n) is 3.78. The first-order valence-corrected chi connectivity index (χ1v) is 11.7. The minimum atomic E-state index is -0.614. The molecule has 1 atom stereocenters. The number of ether oxygens (including phenoxy) is 1. The topological polar surface area (TPSA) is 76.6 Å². The number of carbonyl (C=O) groups excluding carboxylic acids is 3. The quantitative estimate of drug-likeness (QED) is 0.388. The number of thiazole rings is 1. The second kappa shape index (κ2) is 9.27. The third-order valence-electron chi connectivity index (χ3n) is 5.97. The van der Waals surface area contributed by atoms with Gasteiger partial charge in [0.1, 0.15) is 0 Å². The Labute approximate surface area is 197 Å². The van der Waals surface area contributed by atoms with Gasteiger partial charge >= 0.3 is 5.97 Å². The number of hydrogen-bond donors (Lipinski definition) is 0.